The van der Waals surface area contributed by atoms with E-state index in [1.807, 2.05) is 0 Å². The number of pyridine rings is 1. The number of thiazole rings is 1. The lowest BCUT2D eigenvalue weighted by Gasteiger charge is -2.09. The normalized spacial score (nSPS) is 12.7. The number of nitrogens with two attached hydrogens (primary N) is 1. The maximum absolute atomic E-state index is 9.96. The van der Waals surface area contributed by atoms with Crippen LogP contribution in [0.25, 0.3) is 0 Å². The van der Waals surface area contributed by atoms with Gasteiger partial charge in [0.2, 0.25) is 0 Å². The van der Waals surface area contributed by atoms with E-state index < -0.39 is 6.10 Å². The highest BCUT2D eigenvalue weighted by Gasteiger charge is 2.16. The average molecular weight is 242 g/mol. The topological polar surface area (TPSA) is 72.0 Å². The van der Waals surface area contributed by atoms with E-state index in [1.165, 1.54) is 23.7 Å². The van der Waals surface area contributed by atoms with E-state index in [0.29, 0.717) is 20.6 Å². The van der Waals surface area contributed by atoms with Crippen molar-refractivity contribution in [3.05, 3.63) is 39.6 Å². The molecule has 6 heteroatoms. The van der Waals surface area contributed by atoms with Crippen LogP contribution in [-0.4, -0.2) is 15.1 Å². The van der Waals surface area contributed by atoms with Gasteiger partial charge in [-0.1, -0.05) is 11.6 Å². The first kappa shape index (κ1) is 10.4. The Morgan fingerprint density at radius 3 is 2.87 bits per heavy atom. The molecule has 0 aliphatic heterocycles. The van der Waals surface area contributed by atoms with Gasteiger partial charge in [0, 0.05) is 23.6 Å². The number of aromatic nitrogens is 2. The summed E-state index contributed by atoms with van der Waals surface area (Å²) in [5.41, 5.74) is 6.74. The average Bonchev–Trinajstić information content (AvgIpc) is 2.65. The van der Waals surface area contributed by atoms with Crippen LogP contribution in [0.3, 0.4) is 0 Å². The molecule has 0 amide bonds. The van der Waals surface area contributed by atoms with Crippen LogP contribution in [0.15, 0.2) is 24.7 Å². The number of nitrogen functional groups attached to an aromatic ring is 1. The van der Waals surface area contributed by atoms with E-state index in [-0.39, 0.29) is 0 Å². The van der Waals surface area contributed by atoms with E-state index in [9.17, 15) is 5.11 Å². The third-order valence-electron chi connectivity index (χ3n) is 1.91. The number of aliphatic hydroxyl groups excluding tert-OH is 1. The minimum Gasteiger partial charge on any atom is -0.398 e. The molecule has 0 bridgehead atoms. The summed E-state index contributed by atoms with van der Waals surface area (Å²) in [7, 11) is 0. The zero-order valence-electron chi connectivity index (χ0n) is 7.59. The summed E-state index contributed by atoms with van der Waals surface area (Å²) in [4.78, 5) is 7.89. The Hall–Kier alpha value is -1.17. The lowest BCUT2D eigenvalue weighted by Crippen LogP contribution is -2.03. The molecule has 0 fully saturated rings. The minimum atomic E-state index is -0.865. The second-order valence-corrected chi connectivity index (χ2v) is 4.60. The van der Waals surface area contributed by atoms with Gasteiger partial charge in [-0.15, -0.1) is 11.3 Å². The molecule has 0 aromatic carbocycles. The number of anilines is 1. The third kappa shape index (κ3) is 2.09. The standard InChI is InChI=1S/C9H8ClN3OS/c10-7-4-13-9(15-7)8(14)5-3-12-2-1-6(5)11/h1-4,8,14H,(H2,11,12). The lowest BCUT2D eigenvalue weighted by atomic mass is 10.1. The van der Waals surface area contributed by atoms with Gasteiger partial charge in [0.15, 0.2) is 0 Å². The van der Waals surface area contributed by atoms with Gasteiger partial charge in [-0.05, 0) is 6.07 Å². The molecular weight excluding hydrogens is 234 g/mol. The molecule has 0 radical (unpaired) electrons. The van der Waals surface area contributed by atoms with Crippen molar-refractivity contribution in [2.45, 2.75) is 6.10 Å². The number of hydrogen-bond donors (Lipinski definition) is 2. The van der Waals surface area contributed by atoms with Crippen LogP contribution >= 0.6 is 22.9 Å². The smallest absolute Gasteiger partial charge is 0.134 e. The van der Waals surface area contributed by atoms with Gasteiger partial charge >= 0.3 is 0 Å². The van der Waals surface area contributed by atoms with Crippen molar-refractivity contribution in [3.8, 4) is 0 Å². The molecule has 0 spiro atoms. The second-order valence-electron chi connectivity index (χ2n) is 2.91. The predicted octanol–water partition coefficient (Wildman–Crippen LogP) is 1.86. The maximum Gasteiger partial charge on any atom is 0.134 e. The molecule has 15 heavy (non-hydrogen) atoms. The van der Waals surface area contributed by atoms with E-state index >= 15 is 0 Å². The van der Waals surface area contributed by atoms with E-state index in [1.54, 1.807) is 12.3 Å². The van der Waals surface area contributed by atoms with Gasteiger partial charge in [-0.25, -0.2) is 4.98 Å². The van der Waals surface area contributed by atoms with Crippen molar-refractivity contribution in [1.82, 2.24) is 9.97 Å². The largest absolute Gasteiger partial charge is 0.398 e. The summed E-state index contributed by atoms with van der Waals surface area (Å²) in [5.74, 6) is 0. The molecule has 2 aromatic heterocycles. The molecule has 2 heterocycles. The van der Waals surface area contributed by atoms with Gasteiger partial charge in [-0.3, -0.25) is 4.98 Å². The van der Waals surface area contributed by atoms with E-state index in [2.05, 4.69) is 9.97 Å². The Morgan fingerprint density at radius 1 is 1.47 bits per heavy atom. The lowest BCUT2D eigenvalue weighted by molar-refractivity contribution is 0.220. The Bertz CT molecular complexity index is 474. The van der Waals surface area contributed by atoms with Crippen LogP contribution in [0.2, 0.25) is 4.34 Å². The fourth-order valence-electron chi connectivity index (χ4n) is 1.17. The van der Waals surface area contributed by atoms with Crippen LogP contribution in [0, 0.1) is 0 Å². The third-order valence-corrected chi connectivity index (χ3v) is 3.08. The Kier molecular flexibility index (Phi) is 2.86. The number of halogens is 1. The molecular formula is C9H8ClN3OS. The summed E-state index contributed by atoms with van der Waals surface area (Å²) in [6.45, 7) is 0. The first-order chi connectivity index (χ1) is 7.18. The fraction of sp³-hybridized carbons (Fsp3) is 0.111. The first-order valence-electron chi connectivity index (χ1n) is 4.17. The summed E-state index contributed by atoms with van der Waals surface area (Å²) in [6.07, 6.45) is 3.73. The Labute approximate surface area is 95.4 Å². The zero-order valence-corrected chi connectivity index (χ0v) is 9.16. The molecule has 0 saturated carbocycles. The molecule has 0 aliphatic carbocycles. The summed E-state index contributed by atoms with van der Waals surface area (Å²) in [6, 6.07) is 1.63. The maximum atomic E-state index is 9.96. The molecule has 2 rings (SSSR count). The second kappa shape index (κ2) is 4.14. The minimum absolute atomic E-state index is 0.490. The molecule has 78 valence electrons. The highest BCUT2D eigenvalue weighted by atomic mass is 35.5. The van der Waals surface area contributed by atoms with Crippen molar-refractivity contribution in [1.29, 1.82) is 0 Å². The highest BCUT2D eigenvalue weighted by molar-refractivity contribution is 7.15. The van der Waals surface area contributed by atoms with Gasteiger partial charge in [0.05, 0.1) is 6.20 Å². The van der Waals surface area contributed by atoms with Crippen molar-refractivity contribution >= 4 is 28.6 Å². The molecule has 3 N–H and O–H groups in total. The van der Waals surface area contributed by atoms with Gasteiger partial charge in [-0.2, -0.15) is 0 Å². The van der Waals surface area contributed by atoms with Crippen LogP contribution in [0.5, 0.6) is 0 Å². The molecule has 4 nitrogen and oxygen atoms in total. The number of aliphatic hydroxyl groups is 1. The van der Waals surface area contributed by atoms with Crippen molar-refractivity contribution in [2.75, 3.05) is 5.73 Å². The van der Waals surface area contributed by atoms with Crippen molar-refractivity contribution in [2.24, 2.45) is 0 Å². The van der Waals surface area contributed by atoms with Crippen LogP contribution in [0.1, 0.15) is 16.7 Å². The quantitative estimate of drug-likeness (QED) is 0.842. The monoisotopic (exact) mass is 241 g/mol. The Morgan fingerprint density at radius 2 is 2.27 bits per heavy atom. The van der Waals surface area contributed by atoms with Gasteiger partial charge in [0.25, 0.3) is 0 Å². The first-order valence-corrected chi connectivity index (χ1v) is 5.36. The van der Waals surface area contributed by atoms with Crippen LogP contribution < -0.4 is 5.73 Å². The van der Waals surface area contributed by atoms with Crippen molar-refractivity contribution < 1.29 is 5.11 Å². The summed E-state index contributed by atoms with van der Waals surface area (Å²) in [5, 5.41) is 10.5. The van der Waals surface area contributed by atoms with Crippen molar-refractivity contribution in [3.63, 3.8) is 0 Å². The number of hydrogen-bond acceptors (Lipinski definition) is 5. The summed E-state index contributed by atoms with van der Waals surface area (Å²) < 4.78 is 0.534. The molecule has 0 saturated heterocycles. The number of nitrogens with zero attached hydrogens (tertiary/aromatic N) is 2. The Balaban J connectivity index is 2.36. The van der Waals surface area contributed by atoms with Gasteiger partial charge < -0.3 is 10.8 Å². The van der Waals surface area contributed by atoms with Crippen LogP contribution in [-0.2, 0) is 0 Å². The zero-order chi connectivity index (χ0) is 10.8. The molecule has 2 aromatic rings. The number of rotatable bonds is 2. The SMILES string of the molecule is Nc1ccncc1C(O)c1ncc(Cl)s1. The molecule has 1 unspecified atom stereocenters. The highest BCUT2D eigenvalue weighted by Crippen LogP contribution is 2.30. The van der Waals surface area contributed by atoms with Gasteiger partial charge in [0.1, 0.15) is 15.4 Å². The summed E-state index contributed by atoms with van der Waals surface area (Å²) >= 11 is 6.95. The van der Waals surface area contributed by atoms with E-state index in [0.717, 1.165) is 0 Å². The molecule has 1 atom stereocenters. The predicted molar refractivity (Wildman–Crippen MR) is 59.8 cm³/mol. The van der Waals surface area contributed by atoms with Crippen LogP contribution in [0.4, 0.5) is 5.69 Å². The fourth-order valence-corrected chi connectivity index (χ4v) is 2.11. The molecule has 0 aliphatic rings. The van der Waals surface area contributed by atoms with E-state index in [4.69, 9.17) is 17.3 Å².